The van der Waals surface area contributed by atoms with Crippen LogP contribution < -0.4 is 10.1 Å². The van der Waals surface area contributed by atoms with Crippen molar-refractivity contribution in [3.63, 3.8) is 0 Å². The third kappa shape index (κ3) is 4.55. The van der Waals surface area contributed by atoms with Gasteiger partial charge in [0.15, 0.2) is 0 Å². The number of nitrogens with one attached hydrogen (secondary N) is 1. The van der Waals surface area contributed by atoms with Crippen LogP contribution in [0.1, 0.15) is 24.3 Å². The van der Waals surface area contributed by atoms with Crippen LogP contribution in [0.25, 0.3) is 10.8 Å². The molecule has 1 aromatic carbocycles. The van der Waals surface area contributed by atoms with Gasteiger partial charge >= 0.3 is 0 Å². The molecule has 134 valence electrons. The molecule has 0 saturated carbocycles. The van der Waals surface area contributed by atoms with Crippen molar-refractivity contribution >= 4 is 22.4 Å². The summed E-state index contributed by atoms with van der Waals surface area (Å²) in [5.74, 6) is 0.304. The van der Waals surface area contributed by atoms with Crippen LogP contribution in [0.4, 0.5) is 5.69 Å². The van der Waals surface area contributed by atoms with E-state index in [0.29, 0.717) is 30.5 Å². The standard InChI is InChI=1S/C20H21N3O3/c1-14(2)25-11-12-26-20-17-7-6-16(13-15(17)8-10-22-20)23-19(24)18-5-3-4-9-21-18/h3-10,13-14H,11-12H2,1-2H3,(H,23,24). The van der Waals surface area contributed by atoms with Crippen LogP contribution in [0.15, 0.2) is 54.9 Å². The summed E-state index contributed by atoms with van der Waals surface area (Å²) >= 11 is 0. The molecule has 0 bridgehead atoms. The normalized spacial score (nSPS) is 10.9. The number of pyridine rings is 2. The lowest BCUT2D eigenvalue weighted by molar-refractivity contribution is 0.0546. The maximum Gasteiger partial charge on any atom is 0.274 e. The second-order valence-corrected chi connectivity index (χ2v) is 5.99. The molecule has 6 nitrogen and oxygen atoms in total. The van der Waals surface area contributed by atoms with Gasteiger partial charge in [0.05, 0.1) is 12.7 Å². The molecule has 6 heteroatoms. The van der Waals surface area contributed by atoms with Gasteiger partial charge in [0.1, 0.15) is 12.3 Å². The minimum absolute atomic E-state index is 0.171. The third-order valence-electron chi connectivity index (χ3n) is 3.66. The van der Waals surface area contributed by atoms with Gasteiger partial charge in [-0.2, -0.15) is 0 Å². The Morgan fingerprint density at radius 3 is 2.73 bits per heavy atom. The van der Waals surface area contributed by atoms with E-state index in [9.17, 15) is 4.79 Å². The van der Waals surface area contributed by atoms with Gasteiger partial charge in [-0.05, 0) is 55.6 Å². The smallest absolute Gasteiger partial charge is 0.274 e. The molecule has 26 heavy (non-hydrogen) atoms. The number of hydrogen-bond donors (Lipinski definition) is 1. The summed E-state index contributed by atoms with van der Waals surface area (Å²) in [6.45, 7) is 4.91. The van der Waals surface area contributed by atoms with Gasteiger partial charge in [-0.3, -0.25) is 9.78 Å². The second kappa shape index (κ2) is 8.40. The minimum Gasteiger partial charge on any atom is -0.475 e. The number of benzene rings is 1. The quantitative estimate of drug-likeness (QED) is 0.657. The zero-order valence-corrected chi connectivity index (χ0v) is 14.8. The number of amides is 1. The van der Waals surface area contributed by atoms with E-state index < -0.39 is 0 Å². The van der Waals surface area contributed by atoms with E-state index in [0.717, 1.165) is 10.8 Å². The average molecular weight is 351 g/mol. The molecular formula is C20H21N3O3. The topological polar surface area (TPSA) is 73.3 Å². The molecule has 0 saturated heterocycles. The van der Waals surface area contributed by atoms with Crippen LogP contribution in [-0.2, 0) is 4.74 Å². The Bertz CT molecular complexity index is 882. The highest BCUT2D eigenvalue weighted by Gasteiger charge is 2.09. The lowest BCUT2D eigenvalue weighted by atomic mass is 10.1. The summed E-state index contributed by atoms with van der Waals surface area (Å²) in [6, 6.07) is 12.7. The Morgan fingerprint density at radius 1 is 1.08 bits per heavy atom. The van der Waals surface area contributed by atoms with E-state index in [1.807, 2.05) is 38.1 Å². The number of rotatable bonds is 7. The van der Waals surface area contributed by atoms with E-state index in [1.165, 1.54) is 0 Å². The summed E-state index contributed by atoms with van der Waals surface area (Å²) in [6.07, 6.45) is 3.45. The summed E-state index contributed by atoms with van der Waals surface area (Å²) in [5.41, 5.74) is 1.06. The Hall–Kier alpha value is -2.99. The largest absolute Gasteiger partial charge is 0.475 e. The molecule has 1 amide bonds. The molecule has 1 N–H and O–H groups in total. The summed E-state index contributed by atoms with van der Waals surface area (Å²) < 4.78 is 11.2. The van der Waals surface area contributed by atoms with Crippen molar-refractivity contribution in [3.8, 4) is 5.88 Å². The highest BCUT2D eigenvalue weighted by atomic mass is 16.5. The summed E-state index contributed by atoms with van der Waals surface area (Å²) in [4.78, 5) is 20.6. The van der Waals surface area contributed by atoms with Crippen molar-refractivity contribution in [1.29, 1.82) is 0 Å². The van der Waals surface area contributed by atoms with Gasteiger partial charge in [0.2, 0.25) is 5.88 Å². The van der Waals surface area contributed by atoms with E-state index in [1.54, 1.807) is 30.6 Å². The van der Waals surface area contributed by atoms with Crippen molar-refractivity contribution in [2.45, 2.75) is 20.0 Å². The molecule has 0 atom stereocenters. The second-order valence-electron chi connectivity index (χ2n) is 5.99. The SMILES string of the molecule is CC(C)OCCOc1nccc2cc(NC(=O)c3ccccn3)ccc12. The Balaban J connectivity index is 1.72. The number of fused-ring (bicyclic) bond motifs is 1. The van der Waals surface area contributed by atoms with Crippen molar-refractivity contribution in [1.82, 2.24) is 9.97 Å². The van der Waals surface area contributed by atoms with Crippen LogP contribution in [0.3, 0.4) is 0 Å². The minimum atomic E-state index is -0.249. The highest BCUT2D eigenvalue weighted by molar-refractivity contribution is 6.04. The summed E-state index contributed by atoms with van der Waals surface area (Å²) in [7, 11) is 0. The Labute approximate surface area is 152 Å². The molecule has 0 aliphatic rings. The average Bonchev–Trinajstić information content (AvgIpc) is 2.65. The first kappa shape index (κ1) is 17.8. The Morgan fingerprint density at radius 2 is 1.96 bits per heavy atom. The van der Waals surface area contributed by atoms with Gasteiger partial charge in [0.25, 0.3) is 5.91 Å². The number of aromatic nitrogens is 2. The zero-order chi connectivity index (χ0) is 18.4. The fourth-order valence-corrected chi connectivity index (χ4v) is 2.46. The first-order valence-electron chi connectivity index (χ1n) is 8.49. The maximum atomic E-state index is 12.2. The van der Waals surface area contributed by atoms with Crippen LogP contribution >= 0.6 is 0 Å². The molecule has 2 heterocycles. The first-order valence-corrected chi connectivity index (χ1v) is 8.49. The molecule has 3 aromatic rings. The predicted octanol–water partition coefficient (Wildman–Crippen LogP) is 3.69. The fraction of sp³-hybridized carbons (Fsp3) is 0.250. The number of hydrogen-bond acceptors (Lipinski definition) is 5. The number of anilines is 1. The molecule has 0 unspecified atom stereocenters. The lowest BCUT2D eigenvalue weighted by Gasteiger charge is -2.11. The molecule has 0 radical (unpaired) electrons. The van der Waals surface area contributed by atoms with Gasteiger partial charge < -0.3 is 14.8 Å². The van der Waals surface area contributed by atoms with E-state index in [4.69, 9.17) is 9.47 Å². The van der Waals surface area contributed by atoms with E-state index in [-0.39, 0.29) is 12.0 Å². The molecule has 2 aromatic heterocycles. The number of nitrogens with zero attached hydrogens (tertiary/aromatic N) is 2. The fourth-order valence-electron chi connectivity index (χ4n) is 2.46. The zero-order valence-electron chi connectivity index (χ0n) is 14.8. The third-order valence-corrected chi connectivity index (χ3v) is 3.66. The molecular weight excluding hydrogens is 330 g/mol. The van der Waals surface area contributed by atoms with E-state index in [2.05, 4.69) is 15.3 Å². The van der Waals surface area contributed by atoms with Crippen molar-refractivity contribution in [2.75, 3.05) is 18.5 Å². The van der Waals surface area contributed by atoms with Crippen LogP contribution in [0.5, 0.6) is 5.88 Å². The summed E-state index contributed by atoms with van der Waals surface area (Å²) in [5, 5.41) is 4.66. The molecule has 0 fully saturated rings. The van der Waals surface area contributed by atoms with Crippen LogP contribution in [0, 0.1) is 0 Å². The highest BCUT2D eigenvalue weighted by Crippen LogP contribution is 2.26. The van der Waals surface area contributed by atoms with Gasteiger partial charge in [-0.1, -0.05) is 6.07 Å². The van der Waals surface area contributed by atoms with Gasteiger partial charge in [-0.25, -0.2) is 4.98 Å². The maximum absolute atomic E-state index is 12.2. The van der Waals surface area contributed by atoms with Crippen LogP contribution in [-0.4, -0.2) is 35.2 Å². The lowest BCUT2D eigenvalue weighted by Crippen LogP contribution is -2.13. The van der Waals surface area contributed by atoms with Gasteiger partial charge in [-0.15, -0.1) is 0 Å². The van der Waals surface area contributed by atoms with Gasteiger partial charge in [0, 0.05) is 23.5 Å². The molecule has 0 spiro atoms. The number of carbonyl (C=O) groups is 1. The molecule has 3 rings (SSSR count). The van der Waals surface area contributed by atoms with Crippen molar-refractivity contribution in [3.05, 3.63) is 60.6 Å². The molecule has 0 aliphatic heterocycles. The number of carbonyl (C=O) groups excluding carboxylic acids is 1. The van der Waals surface area contributed by atoms with Crippen molar-refractivity contribution in [2.24, 2.45) is 0 Å². The Kier molecular flexibility index (Phi) is 5.76. The first-order chi connectivity index (χ1) is 12.6. The number of ether oxygens (including phenoxy) is 2. The predicted molar refractivity (Wildman–Crippen MR) is 101 cm³/mol. The monoisotopic (exact) mass is 351 g/mol. The van der Waals surface area contributed by atoms with Crippen molar-refractivity contribution < 1.29 is 14.3 Å². The van der Waals surface area contributed by atoms with Crippen LogP contribution in [0.2, 0.25) is 0 Å². The van der Waals surface area contributed by atoms with E-state index >= 15 is 0 Å². The molecule has 0 aliphatic carbocycles.